The van der Waals surface area contributed by atoms with Crippen molar-refractivity contribution in [1.29, 1.82) is 0 Å². The number of aliphatic hydroxyl groups is 1. The van der Waals surface area contributed by atoms with Gasteiger partial charge in [0, 0.05) is 24.7 Å². The number of aromatic amines is 1. The quantitative estimate of drug-likeness (QED) is 0.114. The summed E-state index contributed by atoms with van der Waals surface area (Å²) in [7, 11) is 0. The standard InChI is InChI=1S/C19H28N6O10/c1-8(26)15(18(33)24-12(19(34)35)5-14(29)30)25-17(32)11(2-3-13(27)28)23-16(31)10(20)4-9-6-21-7-22-9/h6-8,10-12,15,26H,2-5,20H2,1H3,(H,21,22)(H,23,31)(H,24,33)(H,25,32)(H,27,28)(H,29,30)(H,34,35). The summed E-state index contributed by atoms with van der Waals surface area (Å²) in [5, 5.41) is 43.1. The third kappa shape index (κ3) is 10.2. The molecule has 0 bridgehead atoms. The van der Waals surface area contributed by atoms with Gasteiger partial charge in [-0.05, 0) is 13.3 Å². The van der Waals surface area contributed by atoms with Crippen LogP contribution in [0.1, 0.15) is 31.9 Å². The van der Waals surface area contributed by atoms with Gasteiger partial charge in [-0.15, -0.1) is 0 Å². The molecule has 1 aromatic heterocycles. The smallest absolute Gasteiger partial charge is 0.326 e. The number of hydrogen-bond donors (Lipinski definition) is 9. The molecule has 16 heteroatoms. The topological polar surface area (TPSA) is 274 Å². The second-order valence-electron chi connectivity index (χ2n) is 7.61. The van der Waals surface area contributed by atoms with Crippen LogP contribution in [0.3, 0.4) is 0 Å². The second-order valence-corrected chi connectivity index (χ2v) is 7.61. The normalized spacial score (nSPS) is 15.1. The lowest BCUT2D eigenvalue weighted by Gasteiger charge is -2.26. The molecule has 10 N–H and O–H groups in total. The Hall–Kier alpha value is -4.05. The van der Waals surface area contributed by atoms with E-state index in [9.17, 15) is 33.9 Å². The number of amides is 3. The molecular formula is C19H28N6O10. The Labute approximate surface area is 198 Å². The van der Waals surface area contributed by atoms with E-state index >= 15 is 0 Å². The zero-order valence-corrected chi connectivity index (χ0v) is 18.6. The molecular weight excluding hydrogens is 472 g/mol. The van der Waals surface area contributed by atoms with E-state index in [1.54, 1.807) is 0 Å². The molecule has 1 aromatic rings. The first kappa shape index (κ1) is 29.0. The summed E-state index contributed by atoms with van der Waals surface area (Å²) >= 11 is 0. The van der Waals surface area contributed by atoms with Gasteiger partial charge in [0.15, 0.2) is 0 Å². The number of H-pyrrole nitrogens is 1. The van der Waals surface area contributed by atoms with Crippen molar-refractivity contribution in [3.63, 3.8) is 0 Å². The highest BCUT2D eigenvalue weighted by Gasteiger charge is 2.33. The fourth-order valence-corrected chi connectivity index (χ4v) is 2.84. The van der Waals surface area contributed by atoms with Crippen LogP contribution in [-0.4, -0.2) is 96.3 Å². The third-order valence-corrected chi connectivity index (χ3v) is 4.67. The van der Waals surface area contributed by atoms with Crippen molar-refractivity contribution < 1.29 is 49.2 Å². The predicted molar refractivity (Wildman–Crippen MR) is 114 cm³/mol. The fourth-order valence-electron chi connectivity index (χ4n) is 2.84. The highest BCUT2D eigenvalue weighted by molar-refractivity contribution is 5.95. The molecule has 0 fully saturated rings. The second kappa shape index (κ2) is 13.6. The molecule has 0 aliphatic heterocycles. The van der Waals surface area contributed by atoms with E-state index in [2.05, 4.69) is 20.6 Å². The lowest BCUT2D eigenvalue weighted by Crippen LogP contribution is -2.60. The van der Waals surface area contributed by atoms with Crippen LogP contribution < -0.4 is 21.7 Å². The average molecular weight is 500 g/mol. The monoisotopic (exact) mass is 500 g/mol. The van der Waals surface area contributed by atoms with Crippen LogP contribution in [0.2, 0.25) is 0 Å². The van der Waals surface area contributed by atoms with E-state index in [-0.39, 0.29) is 6.42 Å². The molecule has 5 atom stereocenters. The number of nitrogens with two attached hydrogens (primary N) is 1. The van der Waals surface area contributed by atoms with Gasteiger partial charge in [0.05, 0.1) is 24.9 Å². The van der Waals surface area contributed by atoms with E-state index in [1.165, 1.54) is 12.5 Å². The number of aromatic nitrogens is 2. The van der Waals surface area contributed by atoms with Crippen LogP contribution in [0, 0.1) is 0 Å². The summed E-state index contributed by atoms with van der Waals surface area (Å²) in [6, 6.07) is -6.21. The minimum Gasteiger partial charge on any atom is -0.481 e. The fraction of sp³-hybridized carbons (Fsp3) is 0.526. The third-order valence-electron chi connectivity index (χ3n) is 4.67. The Morgan fingerprint density at radius 3 is 2.09 bits per heavy atom. The summed E-state index contributed by atoms with van der Waals surface area (Å²) in [6.45, 7) is 1.10. The van der Waals surface area contributed by atoms with Gasteiger partial charge in [-0.1, -0.05) is 0 Å². The minimum atomic E-state index is -1.85. The zero-order chi connectivity index (χ0) is 26.7. The minimum absolute atomic E-state index is 0.0258. The number of imidazole rings is 1. The van der Waals surface area contributed by atoms with Crippen molar-refractivity contribution in [2.75, 3.05) is 0 Å². The number of carbonyl (C=O) groups is 6. The molecule has 1 heterocycles. The Kier molecular flexibility index (Phi) is 11.3. The number of aliphatic carboxylic acids is 3. The van der Waals surface area contributed by atoms with Gasteiger partial charge in [-0.2, -0.15) is 0 Å². The molecule has 35 heavy (non-hydrogen) atoms. The molecule has 0 saturated heterocycles. The van der Waals surface area contributed by atoms with Gasteiger partial charge >= 0.3 is 17.9 Å². The maximum atomic E-state index is 12.8. The van der Waals surface area contributed by atoms with Crippen molar-refractivity contribution in [1.82, 2.24) is 25.9 Å². The van der Waals surface area contributed by atoms with E-state index in [1.807, 2.05) is 5.32 Å². The van der Waals surface area contributed by atoms with Crippen LogP contribution in [0.25, 0.3) is 0 Å². The summed E-state index contributed by atoms with van der Waals surface area (Å²) in [4.78, 5) is 77.2. The maximum Gasteiger partial charge on any atom is 0.326 e. The predicted octanol–water partition coefficient (Wildman–Crippen LogP) is -3.46. The average Bonchev–Trinajstić information content (AvgIpc) is 3.26. The first-order valence-corrected chi connectivity index (χ1v) is 10.3. The van der Waals surface area contributed by atoms with Crippen LogP contribution in [-0.2, 0) is 35.2 Å². The molecule has 5 unspecified atom stereocenters. The number of carboxylic acid groups (broad SMARTS) is 3. The number of carbonyl (C=O) groups excluding carboxylic acids is 3. The molecule has 0 radical (unpaired) electrons. The number of nitrogens with one attached hydrogen (secondary N) is 4. The molecule has 0 aromatic carbocycles. The van der Waals surface area contributed by atoms with E-state index in [0.29, 0.717) is 5.69 Å². The molecule has 0 saturated carbocycles. The number of hydrogen-bond acceptors (Lipinski definition) is 9. The molecule has 194 valence electrons. The SMILES string of the molecule is CC(O)C(NC(=O)C(CCC(=O)O)NC(=O)C(N)Cc1cnc[nH]1)C(=O)NC(CC(=O)O)C(=O)O. The van der Waals surface area contributed by atoms with Crippen LogP contribution in [0.15, 0.2) is 12.5 Å². The molecule has 0 aliphatic rings. The van der Waals surface area contributed by atoms with Gasteiger partial charge in [-0.3, -0.25) is 24.0 Å². The van der Waals surface area contributed by atoms with Crippen molar-refractivity contribution >= 4 is 35.6 Å². The van der Waals surface area contributed by atoms with Gasteiger partial charge in [0.1, 0.15) is 18.1 Å². The van der Waals surface area contributed by atoms with Gasteiger partial charge in [0.25, 0.3) is 0 Å². The summed E-state index contributed by atoms with van der Waals surface area (Å²) in [6.07, 6.45) is -0.645. The first-order valence-electron chi connectivity index (χ1n) is 10.3. The molecule has 3 amide bonds. The van der Waals surface area contributed by atoms with Crippen LogP contribution in [0.4, 0.5) is 0 Å². The van der Waals surface area contributed by atoms with Gasteiger partial charge in [-0.25, -0.2) is 9.78 Å². The van der Waals surface area contributed by atoms with Crippen LogP contribution >= 0.6 is 0 Å². The number of rotatable bonds is 15. The van der Waals surface area contributed by atoms with Crippen LogP contribution in [0.5, 0.6) is 0 Å². The Balaban J connectivity index is 2.95. The number of nitrogens with zero attached hydrogens (tertiary/aromatic N) is 1. The highest BCUT2D eigenvalue weighted by atomic mass is 16.4. The maximum absolute atomic E-state index is 12.8. The Morgan fingerprint density at radius 2 is 1.60 bits per heavy atom. The number of carboxylic acids is 3. The van der Waals surface area contributed by atoms with E-state index in [4.69, 9.17) is 21.1 Å². The highest BCUT2D eigenvalue weighted by Crippen LogP contribution is 2.04. The Bertz CT molecular complexity index is 919. The first-order chi connectivity index (χ1) is 16.3. The Morgan fingerprint density at radius 1 is 0.971 bits per heavy atom. The lowest BCUT2D eigenvalue weighted by atomic mass is 10.1. The van der Waals surface area contributed by atoms with Crippen molar-refractivity contribution in [3.8, 4) is 0 Å². The summed E-state index contributed by atoms with van der Waals surface area (Å²) < 4.78 is 0. The molecule has 1 rings (SSSR count). The summed E-state index contributed by atoms with van der Waals surface area (Å²) in [5.41, 5.74) is 6.35. The van der Waals surface area contributed by atoms with E-state index < -0.39 is 85.2 Å². The number of aliphatic hydroxyl groups excluding tert-OH is 1. The van der Waals surface area contributed by atoms with Crippen molar-refractivity contribution in [2.24, 2.45) is 5.73 Å². The largest absolute Gasteiger partial charge is 0.481 e. The van der Waals surface area contributed by atoms with Crippen molar-refractivity contribution in [3.05, 3.63) is 18.2 Å². The molecule has 16 nitrogen and oxygen atoms in total. The van der Waals surface area contributed by atoms with Gasteiger partial charge < -0.3 is 47.1 Å². The zero-order valence-electron chi connectivity index (χ0n) is 18.6. The van der Waals surface area contributed by atoms with Gasteiger partial charge in [0.2, 0.25) is 17.7 Å². The van der Waals surface area contributed by atoms with Crippen molar-refractivity contribution in [2.45, 2.75) is 62.9 Å². The lowest BCUT2D eigenvalue weighted by molar-refractivity contribution is -0.148. The summed E-state index contributed by atoms with van der Waals surface area (Å²) in [5.74, 6) is -7.52. The molecule has 0 spiro atoms. The molecule has 0 aliphatic carbocycles. The van der Waals surface area contributed by atoms with E-state index in [0.717, 1.165) is 6.92 Å².